The Hall–Kier alpha value is -1.06. The molecule has 0 aromatic rings. The summed E-state index contributed by atoms with van der Waals surface area (Å²) < 4.78 is 0. The highest BCUT2D eigenvalue weighted by molar-refractivity contribution is 5.86. The molecule has 0 rings (SSSR count). The first kappa shape index (κ1) is 9.94. The lowest BCUT2D eigenvalue weighted by Gasteiger charge is -2.04. The average Bonchev–Trinajstić information content (AvgIpc) is 1.87. The van der Waals surface area contributed by atoms with E-state index in [1.54, 1.807) is 0 Å². The standard InChI is InChI=1S/C7H14N2O2/c1-4-6(5(2)3)9-11-7(8)10/h5H,4H2,1-3H3,(H2,8,10)/b9-6+. The van der Waals surface area contributed by atoms with Crippen molar-refractivity contribution in [1.82, 2.24) is 0 Å². The number of carbonyl (C=O) groups is 1. The van der Waals surface area contributed by atoms with Crippen molar-refractivity contribution >= 4 is 11.8 Å². The van der Waals surface area contributed by atoms with Crippen LogP contribution in [0.2, 0.25) is 0 Å². The first-order valence-corrected chi connectivity index (χ1v) is 3.61. The minimum Gasteiger partial charge on any atom is -0.333 e. The molecule has 0 aromatic heterocycles. The molecule has 64 valence electrons. The third kappa shape index (κ3) is 4.36. The molecule has 0 aliphatic heterocycles. The van der Waals surface area contributed by atoms with Gasteiger partial charge >= 0.3 is 6.09 Å². The van der Waals surface area contributed by atoms with Crippen molar-refractivity contribution < 1.29 is 9.63 Å². The molecule has 0 aliphatic carbocycles. The van der Waals surface area contributed by atoms with Gasteiger partial charge in [-0.2, -0.15) is 0 Å². The normalized spacial score (nSPS) is 11.8. The minimum absolute atomic E-state index is 0.291. The van der Waals surface area contributed by atoms with Gasteiger partial charge in [-0.05, 0) is 12.3 Å². The second-order valence-corrected chi connectivity index (χ2v) is 2.50. The summed E-state index contributed by atoms with van der Waals surface area (Å²) in [6, 6.07) is 0. The fraction of sp³-hybridized carbons (Fsp3) is 0.714. The van der Waals surface area contributed by atoms with E-state index in [1.165, 1.54) is 0 Å². The second-order valence-electron chi connectivity index (χ2n) is 2.50. The number of amides is 1. The molecule has 0 aromatic carbocycles. The monoisotopic (exact) mass is 158 g/mol. The lowest BCUT2D eigenvalue weighted by atomic mass is 10.1. The third-order valence-corrected chi connectivity index (χ3v) is 1.28. The van der Waals surface area contributed by atoms with Gasteiger partial charge in [0.15, 0.2) is 0 Å². The molecule has 0 radical (unpaired) electrons. The van der Waals surface area contributed by atoms with E-state index in [9.17, 15) is 4.79 Å². The smallest absolute Gasteiger partial charge is 0.333 e. The van der Waals surface area contributed by atoms with Crippen molar-refractivity contribution in [1.29, 1.82) is 0 Å². The Morgan fingerprint density at radius 2 is 2.18 bits per heavy atom. The molecule has 4 heteroatoms. The molecule has 0 atom stereocenters. The van der Waals surface area contributed by atoms with Crippen molar-refractivity contribution in [3.63, 3.8) is 0 Å². The van der Waals surface area contributed by atoms with E-state index in [2.05, 4.69) is 9.99 Å². The number of oxime groups is 1. The Kier molecular flexibility index (Phi) is 4.26. The van der Waals surface area contributed by atoms with Gasteiger partial charge in [0.05, 0.1) is 5.71 Å². The summed E-state index contributed by atoms with van der Waals surface area (Å²) in [5, 5.41) is 3.58. The summed E-state index contributed by atoms with van der Waals surface area (Å²) in [4.78, 5) is 14.4. The zero-order valence-corrected chi connectivity index (χ0v) is 7.13. The lowest BCUT2D eigenvalue weighted by Crippen LogP contribution is -2.13. The molecule has 0 heterocycles. The molecule has 0 spiro atoms. The SMILES string of the molecule is CC/C(=N\OC(N)=O)C(C)C. The van der Waals surface area contributed by atoms with Crippen LogP contribution in [0, 0.1) is 5.92 Å². The summed E-state index contributed by atoms with van der Waals surface area (Å²) >= 11 is 0. The third-order valence-electron chi connectivity index (χ3n) is 1.28. The largest absolute Gasteiger partial charge is 0.430 e. The van der Waals surface area contributed by atoms with Crippen LogP contribution in [0.1, 0.15) is 27.2 Å². The molecular formula is C7H14N2O2. The Morgan fingerprint density at radius 1 is 1.64 bits per heavy atom. The topological polar surface area (TPSA) is 64.7 Å². The van der Waals surface area contributed by atoms with E-state index in [4.69, 9.17) is 5.73 Å². The Bertz CT molecular complexity index is 164. The highest BCUT2D eigenvalue weighted by Crippen LogP contribution is 2.01. The molecule has 0 aliphatic rings. The molecule has 0 fully saturated rings. The van der Waals surface area contributed by atoms with Crippen LogP contribution in [0.15, 0.2) is 5.16 Å². The van der Waals surface area contributed by atoms with Gasteiger partial charge in [0.25, 0.3) is 0 Å². The van der Waals surface area contributed by atoms with Crippen molar-refractivity contribution in [2.45, 2.75) is 27.2 Å². The van der Waals surface area contributed by atoms with Gasteiger partial charge < -0.3 is 5.73 Å². The number of primary amides is 1. The quantitative estimate of drug-likeness (QED) is 0.384. The first-order chi connectivity index (χ1) is 5.07. The van der Waals surface area contributed by atoms with Crippen LogP contribution < -0.4 is 5.73 Å². The predicted octanol–water partition coefficient (Wildman–Crippen LogP) is 1.50. The Labute approximate surface area is 66.4 Å². The van der Waals surface area contributed by atoms with E-state index in [0.717, 1.165) is 12.1 Å². The molecule has 4 nitrogen and oxygen atoms in total. The van der Waals surface area contributed by atoms with Crippen LogP contribution in [0.3, 0.4) is 0 Å². The van der Waals surface area contributed by atoms with Crippen LogP contribution in [-0.4, -0.2) is 11.8 Å². The molecule has 11 heavy (non-hydrogen) atoms. The molecule has 0 bridgehead atoms. The Balaban J connectivity index is 4.01. The van der Waals surface area contributed by atoms with Gasteiger partial charge in [0.1, 0.15) is 0 Å². The van der Waals surface area contributed by atoms with Gasteiger partial charge in [-0.15, -0.1) is 0 Å². The molecule has 0 unspecified atom stereocenters. The molecule has 1 amide bonds. The van der Waals surface area contributed by atoms with Crippen LogP contribution in [-0.2, 0) is 4.84 Å². The average molecular weight is 158 g/mol. The van der Waals surface area contributed by atoms with Crippen molar-refractivity contribution in [3.8, 4) is 0 Å². The van der Waals surface area contributed by atoms with Gasteiger partial charge in [-0.3, -0.25) is 4.84 Å². The van der Waals surface area contributed by atoms with E-state index in [1.807, 2.05) is 20.8 Å². The lowest BCUT2D eigenvalue weighted by molar-refractivity contribution is 0.160. The Morgan fingerprint density at radius 3 is 2.45 bits per heavy atom. The summed E-state index contributed by atoms with van der Waals surface area (Å²) in [7, 11) is 0. The maximum atomic E-state index is 10.1. The maximum absolute atomic E-state index is 10.1. The summed E-state index contributed by atoms with van der Waals surface area (Å²) in [5.41, 5.74) is 5.56. The highest BCUT2D eigenvalue weighted by atomic mass is 16.7. The summed E-state index contributed by atoms with van der Waals surface area (Å²) in [5.74, 6) is 0.291. The van der Waals surface area contributed by atoms with E-state index >= 15 is 0 Å². The van der Waals surface area contributed by atoms with Crippen LogP contribution in [0.25, 0.3) is 0 Å². The van der Waals surface area contributed by atoms with Crippen LogP contribution >= 0.6 is 0 Å². The number of carbonyl (C=O) groups excluding carboxylic acids is 1. The van der Waals surface area contributed by atoms with E-state index in [0.29, 0.717) is 5.92 Å². The van der Waals surface area contributed by atoms with Gasteiger partial charge in [-0.1, -0.05) is 25.9 Å². The van der Waals surface area contributed by atoms with Gasteiger partial charge in [-0.25, -0.2) is 4.79 Å². The minimum atomic E-state index is -0.864. The molecular weight excluding hydrogens is 144 g/mol. The van der Waals surface area contributed by atoms with Gasteiger partial charge in [0, 0.05) is 0 Å². The van der Waals surface area contributed by atoms with Crippen LogP contribution in [0.5, 0.6) is 0 Å². The molecule has 0 saturated carbocycles. The predicted molar refractivity (Wildman–Crippen MR) is 43.2 cm³/mol. The van der Waals surface area contributed by atoms with Crippen LogP contribution in [0.4, 0.5) is 4.79 Å². The van der Waals surface area contributed by atoms with E-state index < -0.39 is 6.09 Å². The zero-order chi connectivity index (χ0) is 8.85. The molecule has 0 saturated heterocycles. The van der Waals surface area contributed by atoms with Gasteiger partial charge in [0.2, 0.25) is 0 Å². The number of hydrogen-bond acceptors (Lipinski definition) is 3. The van der Waals surface area contributed by atoms with Crippen molar-refractivity contribution in [2.24, 2.45) is 16.8 Å². The fourth-order valence-electron chi connectivity index (χ4n) is 0.682. The molecule has 2 N–H and O–H groups in total. The number of hydrogen-bond donors (Lipinski definition) is 1. The zero-order valence-electron chi connectivity index (χ0n) is 7.13. The van der Waals surface area contributed by atoms with E-state index in [-0.39, 0.29) is 0 Å². The number of rotatable bonds is 3. The number of nitrogens with two attached hydrogens (primary N) is 1. The first-order valence-electron chi connectivity index (χ1n) is 3.61. The van der Waals surface area contributed by atoms with Crippen molar-refractivity contribution in [3.05, 3.63) is 0 Å². The fourth-order valence-corrected chi connectivity index (χ4v) is 0.682. The summed E-state index contributed by atoms with van der Waals surface area (Å²) in [6.45, 7) is 5.91. The highest BCUT2D eigenvalue weighted by Gasteiger charge is 2.03. The second kappa shape index (κ2) is 4.71. The summed E-state index contributed by atoms with van der Waals surface area (Å²) in [6.07, 6.45) is -0.0955. The van der Waals surface area contributed by atoms with Crippen molar-refractivity contribution in [2.75, 3.05) is 0 Å². The number of nitrogens with zero attached hydrogens (tertiary/aromatic N) is 1. The maximum Gasteiger partial charge on any atom is 0.430 e.